The molecule has 1 aromatic heterocycles. The first-order valence-electron chi connectivity index (χ1n) is 5.06. The molecule has 1 aromatic rings. The van der Waals surface area contributed by atoms with Gasteiger partial charge in [-0.1, -0.05) is 5.92 Å². The Labute approximate surface area is 95.6 Å². The van der Waals surface area contributed by atoms with Crippen molar-refractivity contribution in [3.05, 3.63) is 23.7 Å². The van der Waals surface area contributed by atoms with Crippen LogP contribution in [0.2, 0.25) is 0 Å². The van der Waals surface area contributed by atoms with Gasteiger partial charge in [-0.2, -0.15) is 0 Å². The second-order valence-electron chi connectivity index (χ2n) is 3.67. The number of likely N-dealkylation sites (N-methyl/N-ethyl adjacent to an activating group) is 1. The maximum absolute atomic E-state index is 11.3. The minimum atomic E-state index is -0.0799. The molecular formula is C12H16N2O2. The fourth-order valence-corrected chi connectivity index (χ4v) is 1.34. The average molecular weight is 220 g/mol. The van der Waals surface area contributed by atoms with Crippen LogP contribution in [0.3, 0.4) is 0 Å². The fraction of sp³-hybridized carbons (Fsp3) is 0.417. The van der Waals surface area contributed by atoms with E-state index >= 15 is 0 Å². The molecule has 86 valence electrons. The molecule has 1 amide bonds. The van der Waals surface area contributed by atoms with Gasteiger partial charge in [0.25, 0.3) is 0 Å². The molecule has 4 heteroatoms. The van der Waals surface area contributed by atoms with Gasteiger partial charge in [0.1, 0.15) is 11.5 Å². The number of hydrogen-bond donors (Lipinski definition) is 1. The Morgan fingerprint density at radius 3 is 2.94 bits per heavy atom. The van der Waals surface area contributed by atoms with Crippen molar-refractivity contribution < 1.29 is 9.21 Å². The number of furan rings is 1. The fourth-order valence-electron chi connectivity index (χ4n) is 1.34. The second-order valence-corrected chi connectivity index (χ2v) is 3.67. The van der Waals surface area contributed by atoms with Crippen LogP contribution in [-0.2, 0) is 11.3 Å². The van der Waals surface area contributed by atoms with E-state index in [1.165, 1.54) is 0 Å². The zero-order chi connectivity index (χ0) is 12.0. The van der Waals surface area contributed by atoms with E-state index in [2.05, 4.69) is 11.2 Å². The lowest BCUT2D eigenvalue weighted by atomic mass is 10.4. The average Bonchev–Trinajstić information content (AvgIpc) is 2.60. The molecule has 0 aliphatic carbocycles. The normalized spacial score (nSPS) is 10.1. The summed E-state index contributed by atoms with van der Waals surface area (Å²) in [7, 11) is 1.85. The van der Waals surface area contributed by atoms with E-state index in [0.717, 1.165) is 11.5 Å². The molecule has 0 bridgehead atoms. The molecule has 1 heterocycles. The molecule has 0 aliphatic heterocycles. The van der Waals surface area contributed by atoms with Gasteiger partial charge in [-0.25, -0.2) is 0 Å². The number of terminal acetylenes is 1. The van der Waals surface area contributed by atoms with Crippen LogP contribution < -0.4 is 5.32 Å². The van der Waals surface area contributed by atoms with Crippen molar-refractivity contribution in [3.8, 4) is 12.3 Å². The summed E-state index contributed by atoms with van der Waals surface area (Å²) < 4.78 is 5.41. The summed E-state index contributed by atoms with van der Waals surface area (Å²) in [6, 6.07) is 3.81. The topological polar surface area (TPSA) is 45.5 Å². The van der Waals surface area contributed by atoms with Crippen LogP contribution in [-0.4, -0.2) is 30.9 Å². The van der Waals surface area contributed by atoms with E-state index < -0.39 is 0 Å². The number of nitrogens with zero attached hydrogens (tertiary/aromatic N) is 1. The third-order valence-electron chi connectivity index (χ3n) is 2.02. The van der Waals surface area contributed by atoms with Crippen molar-refractivity contribution in [2.45, 2.75) is 13.5 Å². The van der Waals surface area contributed by atoms with E-state index in [0.29, 0.717) is 13.1 Å². The van der Waals surface area contributed by atoms with Crippen LogP contribution in [0.15, 0.2) is 16.5 Å². The van der Waals surface area contributed by atoms with Gasteiger partial charge in [-0.15, -0.1) is 6.42 Å². The largest absolute Gasteiger partial charge is 0.465 e. The summed E-state index contributed by atoms with van der Waals surface area (Å²) in [4.78, 5) is 13.2. The Morgan fingerprint density at radius 1 is 1.62 bits per heavy atom. The summed E-state index contributed by atoms with van der Waals surface area (Å²) in [5.41, 5.74) is 0. The Morgan fingerprint density at radius 2 is 2.38 bits per heavy atom. The second kappa shape index (κ2) is 5.99. The standard InChI is InChI=1S/C12H16N2O2/c1-4-7-13-12(15)9-14(3)8-11-6-5-10(2)16-11/h1,5-6H,7-9H2,2-3H3,(H,13,15). The minimum absolute atomic E-state index is 0.0799. The Hall–Kier alpha value is -1.73. The first kappa shape index (κ1) is 12.3. The minimum Gasteiger partial charge on any atom is -0.465 e. The van der Waals surface area contributed by atoms with Crippen molar-refractivity contribution in [3.63, 3.8) is 0 Å². The summed E-state index contributed by atoms with van der Waals surface area (Å²) in [5, 5.41) is 2.61. The molecule has 1 N–H and O–H groups in total. The van der Waals surface area contributed by atoms with Gasteiger partial charge in [0.05, 0.1) is 19.6 Å². The highest BCUT2D eigenvalue weighted by Gasteiger charge is 2.08. The van der Waals surface area contributed by atoms with Crippen LogP contribution in [0.4, 0.5) is 0 Å². The molecule has 0 unspecified atom stereocenters. The van der Waals surface area contributed by atoms with Gasteiger partial charge in [0, 0.05) is 0 Å². The molecule has 0 radical (unpaired) electrons. The smallest absolute Gasteiger partial charge is 0.234 e. The Balaban J connectivity index is 2.33. The molecule has 16 heavy (non-hydrogen) atoms. The maximum atomic E-state index is 11.3. The lowest BCUT2D eigenvalue weighted by molar-refractivity contribution is -0.121. The summed E-state index contributed by atoms with van der Waals surface area (Å²) in [5.74, 6) is 4.00. The predicted molar refractivity (Wildman–Crippen MR) is 61.6 cm³/mol. The van der Waals surface area contributed by atoms with Crippen LogP contribution in [0.25, 0.3) is 0 Å². The lowest BCUT2D eigenvalue weighted by Crippen LogP contribution is -2.34. The van der Waals surface area contributed by atoms with Crippen LogP contribution in [0.1, 0.15) is 11.5 Å². The van der Waals surface area contributed by atoms with Gasteiger partial charge in [-0.05, 0) is 26.1 Å². The van der Waals surface area contributed by atoms with E-state index in [1.54, 1.807) is 0 Å². The highest BCUT2D eigenvalue weighted by atomic mass is 16.3. The summed E-state index contributed by atoms with van der Waals surface area (Å²) in [6.07, 6.45) is 5.04. The first-order valence-corrected chi connectivity index (χ1v) is 5.06. The van der Waals surface area contributed by atoms with Crippen LogP contribution in [0.5, 0.6) is 0 Å². The number of aryl methyl sites for hydroxylation is 1. The summed E-state index contributed by atoms with van der Waals surface area (Å²) in [6.45, 7) is 3.08. The molecule has 4 nitrogen and oxygen atoms in total. The van der Waals surface area contributed by atoms with Gasteiger partial charge >= 0.3 is 0 Å². The van der Waals surface area contributed by atoms with E-state index in [4.69, 9.17) is 10.8 Å². The molecule has 0 aromatic carbocycles. The quantitative estimate of drug-likeness (QED) is 0.745. The van der Waals surface area contributed by atoms with Crippen LogP contribution in [0, 0.1) is 19.3 Å². The highest BCUT2D eigenvalue weighted by molar-refractivity contribution is 5.78. The maximum Gasteiger partial charge on any atom is 0.234 e. The van der Waals surface area contributed by atoms with Gasteiger partial charge in [-0.3, -0.25) is 9.69 Å². The Kier molecular flexibility index (Phi) is 4.62. The molecular weight excluding hydrogens is 204 g/mol. The van der Waals surface area contributed by atoms with Gasteiger partial charge in [0.15, 0.2) is 0 Å². The third kappa shape index (κ3) is 4.20. The van der Waals surface area contributed by atoms with E-state index in [9.17, 15) is 4.79 Å². The zero-order valence-corrected chi connectivity index (χ0v) is 9.62. The van der Waals surface area contributed by atoms with Crippen molar-refractivity contribution >= 4 is 5.91 Å². The van der Waals surface area contributed by atoms with Gasteiger partial charge < -0.3 is 9.73 Å². The number of hydrogen-bond acceptors (Lipinski definition) is 3. The number of carbonyl (C=O) groups is 1. The molecule has 0 aliphatic rings. The summed E-state index contributed by atoms with van der Waals surface area (Å²) >= 11 is 0. The number of carbonyl (C=O) groups excluding carboxylic acids is 1. The van der Waals surface area contributed by atoms with Crippen molar-refractivity contribution in [2.75, 3.05) is 20.1 Å². The molecule has 0 spiro atoms. The van der Waals surface area contributed by atoms with Gasteiger partial charge in [0.2, 0.25) is 5.91 Å². The van der Waals surface area contributed by atoms with Crippen molar-refractivity contribution in [2.24, 2.45) is 0 Å². The van der Waals surface area contributed by atoms with Crippen molar-refractivity contribution in [1.82, 2.24) is 10.2 Å². The molecule has 0 saturated carbocycles. The number of rotatable bonds is 5. The SMILES string of the molecule is C#CCNC(=O)CN(C)Cc1ccc(C)o1. The monoisotopic (exact) mass is 220 g/mol. The predicted octanol–water partition coefficient (Wildman–Crippen LogP) is 0.769. The lowest BCUT2D eigenvalue weighted by Gasteiger charge is -2.13. The molecule has 0 atom stereocenters. The van der Waals surface area contributed by atoms with E-state index in [1.807, 2.05) is 31.0 Å². The third-order valence-corrected chi connectivity index (χ3v) is 2.02. The molecule has 1 rings (SSSR count). The number of nitrogens with one attached hydrogen (secondary N) is 1. The molecule has 0 fully saturated rings. The first-order chi connectivity index (χ1) is 7.61. The van der Waals surface area contributed by atoms with Crippen LogP contribution >= 0.6 is 0 Å². The van der Waals surface area contributed by atoms with Crippen molar-refractivity contribution in [1.29, 1.82) is 0 Å². The number of amides is 1. The molecule has 0 saturated heterocycles. The Bertz CT molecular complexity index is 390. The van der Waals surface area contributed by atoms with E-state index in [-0.39, 0.29) is 12.5 Å². The zero-order valence-electron chi connectivity index (χ0n) is 9.62. The highest BCUT2D eigenvalue weighted by Crippen LogP contribution is 2.08.